The van der Waals surface area contributed by atoms with E-state index in [0.717, 1.165) is 33.2 Å². The maximum absolute atomic E-state index is 6.09. The molecule has 0 radical (unpaired) electrons. The van der Waals surface area contributed by atoms with Gasteiger partial charge in [-0.1, -0.05) is 54.6 Å². The van der Waals surface area contributed by atoms with Gasteiger partial charge in [0.2, 0.25) is 0 Å². The molecule has 0 N–H and O–H groups in total. The zero-order valence-electron chi connectivity index (χ0n) is 12.4. The summed E-state index contributed by atoms with van der Waals surface area (Å²) in [6, 6.07) is 24.9. The number of pyridine rings is 1. The van der Waals surface area contributed by atoms with Crippen molar-refractivity contribution >= 4 is 32.7 Å². The van der Waals surface area contributed by atoms with Crippen molar-refractivity contribution in [2.24, 2.45) is 0 Å². The predicted octanol–water partition coefficient (Wildman–Crippen LogP) is 5.80. The second kappa shape index (κ2) is 4.68. The van der Waals surface area contributed by atoms with Gasteiger partial charge >= 0.3 is 0 Å². The van der Waals surface area contributed by atoms with E-state index in [2.05, 4.69) is 53.5 Å². The fourth-order valence-corrected chi connectivity index (χ4v) is 3.19. The Morgan fingerprint density at radius 2 is 1.52 bits per heavy atom. The molecule has 23 heavy (non-hydrogen) atoms. The quantitative estimate of drug-likeness (QED) is 0.390. The van der Waals surface area contributed by atoms with Crippen LogP contribution in [0.25, 0.3) is 44.0 Å². The summed E-state index contributed by atoms with van der Waals surface area (Å²) >= 11 is 0. The van der Waals surface area contributed by atoms with Gasteiger partial charge in [0, 0.05) is 22.5 Å². The van der Waals surface area contributed by atoms with Crippen LogP contribution in [0.2, 0.25) is 0 Å². The topological polar surface area (TPSA) is 26.0 Å². The van der Waals surface area contributed by atoms with Crippen LogP contribution in [0.5, 0.6) is 0 Å². The standard InChI is InChI=1S/C21H13NO/c1-2-6-15-13-16(10-9-14(15)5-1)20-21-18(11-12-22-20)17-7-3-4-8-19(17)23-21/h1-13H. The van der Waals surface area contributed by atoms with Crippen molar-refractivity contribution in [1.82, 2.24) is 4.98 Å². The molecule has 0 amide bonds. The van der Waals surface area contributed by atoms with E-state index in [0.29, 0.717) is 0 Å². The van der Waals surface area contributed by atoms with Gasteiger partial charge in [-0.25, -0.2) is 0 Å². The molecule has 5 rings (SSSR count). The highest BCUT2D eigenvalue weighted by Gasteiger charge is 2.13. The fraction of sp³-hybridized carbons (Fsp3) is 0. The molecule has 2 heterocycles. The first kappa shape index (κ1) is 12.4. The number of rotatable bonds is 1. The number of hydrogen-bond acceptors (Lipinski definition) is 2. The first-order chi connectivity index (χ1) is 11.4. The Hall–Kier alpha value is -3.13. The molecule has 0 aliphatic rings. The van der Waals surface area contributed by atoms with Gasteiger partial charge in [-0.2, -0.15) is 0 Å². The molecule has 0 unspecified atom stereocenters. The zero-order valence-corrected chi connectivity index (χ0v) is 12.4. The lowest BCUT2D eigenvalue weighted by Gasteiger charge is -2.04. The number of furan rings is 1. The number of para-hydroxylation sites is 1. The zero-order chi connectivity index (χ0) is 15.2. The van der Waals surface area contributed by atoms with Crippen LogP contribution in [0.4, 0.5) is 0 Å². The van der Waals surface area contributed by atoms with Crippen LogP contribution >= 0.6 is 0 Å². The van der Waals surface area contributed by atoms with Crippen LogP contribution in [-0.4, -0.2) is 4.98 Å². The molecule has 0 atom stereocenters. The third kappa shape index (κ3) is 1.85. The van der Waals surface area contributed by atoms with Crippen LogP contribution in [0, 0.1) is 0 Å². The average molecular weight is 295 g/mol. The van der Waals surface area contributed by atoms with E-state index in [4.69, 9.17) is 4.42 Å². The van der Waals surface area contributed by atoms with Gasteiger partial charge < -0.3 is 4.42 Å². The minimum Gasteiger partial charge on any atom is -0.454 e. The lowest BCUT2D eigenvalue weighted by atomic mass is 10.0. The Morgan fingerprint density at radius 3 is 2.48 bits per heavy atom. The number of nitrogens with zero attached hydrogens (tertiary/aromatic N) is 1. The van der Waals surface area contributed by atoms with Crippen molar-refractivity contribution in [2.75, 3.05) is 0 Å². The molecule has 108 valence electrons. The van der Waals surface area contributed by atoms with Gasteiger partial charge in [0.05, 0.1) is 0 Å². The minimum absolute atomic E-state index is 0.851. The summed E-state index contributed by atoms with van der Waals surface area (Å²) in [7, 11) is 0. The second-order valence-electron chi connectivity index (χ2n) is 5.70. The smallest absolute Gasteiger partial charge is 0.161 e. The molecule has 0 aliphatic heterocycles. The first-order valence-electron chi connectivity index (χ1n) is 7.65. The Balaban J connectivity index is 1.84. The van der Waals surface area contributed by atoms with Gasteiger partial charge in [-0.05, 0) is 29.0 Å². The summed E-state index contributed by atoms with van der Waals surface area (Å²) in [4.78, 5) is 4.59. The summed E-state index contributed by atoms with van der Waals surface area (Å²) in [5, 5.41) is 4.68. The average Bonchev–Trinajstić information content (AvgIpc) is 3.00. The van der Waals surface area contributed by atoms with Crippen molar-refractivity contribution in [3.05, 3.63) is 79.0 Å². The van der Waals surface area contributed by atoms with Gasteiger partial charge in [0.15, 0.2) is 5.58 Å². The third-order valence-corrected chi connectivity index (χ3v) is 4.32. The SMILES string of the molecule is c1ccc2cc(-c3nccc4c3oc3ccccc34)ccc2c1. The largest absolute Gasteiger partial charge is 0.454 e. The lowest BCUT2D eigenvalue weighted by Crippen LogP contribution is -1.84. The third-order valence-electron chi connectivity index (χ3n) is 4.32. The molecule has 0 bridgehead atoms. The summed E-state index contributed by atoms with van der Waals surface area (Å²) < 4.78 is 6.09. The van der Waals surface area contributed by atoms with Gasteiger partial charge in [-0.15, -0.1) is 0 Å². The maximum atomic E-state index is 6.09. The Morgan fingerprint density at radius 1 is 0.696 bits per heavy atom. The highest BCUT2D eigenvalue weighted by atomic mass is 16.3. The molecule has 2 aromatic heterocycles. The Labute approximate surface area is 133 Å². The molecule has 0 saturated carbocycles. The molecule has 0 saturated heterocycles. The lowest BCUT2D eigenvalue weighted by molar-refractivity contribution is 0.668. The summed E-state index contributed by atoms with van der Waals surface area (Å²) in [5.74, 6) is 0. The van der Waals surface area contributed by atoms with Gasteiger partial charge in [0.1, 0.15) is 11.3 Å². The number of aromatic nitrogens is 1. The molecular formula is C21H13NO. The highest BCUT2D eigenvalue weighted by Crippen LogP contribution is 2.34. The molecular weight excluding hydrogens is 282 g/mol. The van der Waals surface area contributed by atoms with Crippen LogP contribution in [0.1, 0.15) is 0 Å². The van der Waals surface area contributed by atoms with Crippen LogP contribution in [-0.2, 0) is 0 Å². The van der Waals surface area contributed by atoms with Crippen LogP contribution < -0.4 is 0 Å². The molecule has 2 heteroatoms. The molecule has 0 spiro atoms. The van der Waals surface area contributed by atoms with E-state index in [1.54, 1.807) is 0 Å². The predicted molar refractivity (Wildman–Crippen MR) is 94.5 cm³/mol. The van der Waals surface area contributed by atoms with Gasteiger partial charge in [0.25, 0.3) is 0 Å². The monoisotopic (exact) mass is 295 g/mol. The molecule has 0 aliphatic carbocycles. The summed E-state index contributed by atoms with van der Waals surface area (Å²) in [5.41, 5.74) is 3.72. The number of fused-ring (bicyclic) bond motifs is 4. The fourth-order valence-electron chi connectivity index (χ4n) is 3.19. The van der Waals surface area contributed by atoms with E-state index < -0.39 is 0 Å². The number of hydrogen-bond donors (Lipinski definition) is 0. The van der Waals surface area contributed by atoms with E-state index in [-0.39, 0.29) is 0 Å². The van der Waals surface area contributed by atoms with Gasteiger partial charge in [-0.3, -0.25) is 4.98 Å². The van der Waals surface area contributed by atoms with Crippen LogP contribution in [0.15, 0.2) is 83.4 Å². The summed E-state index contributed by atoms with van der Waals surface area (Å²) in [6.07, 6.45) is 1.86. The molecule has 0 fully saturated rings. The van der Waals surface area contributed by atoms with E-state index in [9.17, 15) is 0 Å². The molecule has 3 aromatic carbocycles. The van der Waals surface area contributed by atoms with E-state index in [1.165, 1.54) is 10.8 Å². The molecule has 2 nitrogen and oxygen atoms in total. The second-order valence-corrected chi connectivity index (χ2v) is 5.70. The first-order valence-corrected chi connectivity index (χ1v) is 7.65. The highest BCUT2D eigenvalue weighted by molar-refractivity contribution is 6.08. The van der Waals surface area contributed by atoms with Crippen molar-refractivity contribution < 1.29 is 4.42 Å². The normalized spacial score (nSPS) is 11.5. The Kier molecular flexibility index (Phi) is 2.53. The van der Waals surface area contributed by atoms with E-state index in [1.807, 2.05) is 30.5 Å². The number of benzene rings is 3. The Bertz CT molecular complexity index is 1170. The molecule has 5 aromatic rings. The summed E-state index contributed by atoms with van der Waals surface area (Å²) in [6.45, 7) is 0. The van der Waals surface area contributed by atoms with Crippen molar-refractivity contribution in [2.45, 2.75) is 0 Å². The maximum Gasteiger partial charge on any atom is 0.161 e. The minimum atomic E-state index is 0.851. The van der Waals surface area contributed by atoms with Crippen LogP contribution in [0.3, 0.4) is 0 Å². The van der Waals surface area contributed by atoms with Crippen molar-refractivity contribution in [3.63, 3.8) is 0 Å². The van der Waals surface area contributed by atoms with Crippen molar-refractivity contribution in [1.29, 1.82) is 0 Å². The van der Waals surface area contributed by atoms with E-state index >= 15 is 0 Å². The van der Waals surface area contributed by atoms with Crippen molar-refractivity contribution in [3.8, 4) is 11.3 Å².